The normalized spacial score (nSPS) is 10.5. The van der Waals surface area contributed by atoms with Crippen LogP contribution in [-0.2, 0) is 11.2 Å². The van der Waals surface area contributed by atoms with E-state index in [4.69, 9.17) is 4.74 Å². The number of carboxylic acids is 1. The quantitative estimate of drug-likeness (QED) is 0.747. The summed E-state index contributed by atoms with van der Waals surface area (Å²) >= 11 is 0. The fourth-order valence-corrected chi connectivity index (χ4v) is 2.50. The van der Waals surface area contributed by atoms with Crippen LogP contribution in [0.4, 0.5) is 5.69 Å². The molecule has 24 heavy (non-hydrogen) atoms. The number of hydrogen-bond acceptors (Lipinski definition) is 4. The molecule has 3 aromatic rings. The molecule has 0 saturated heterocycles. The number of benzene rings is 2. The van der Waals surface area contributed by atoms with E-state index in [0.29, 0.717) is 22.7 Å². The van der Waals surface area contributed by atoms with Crippen LogP contribution in [0.3, 0.4) is 0 Å². The highest BCUT2D eigenvalue weighted by molar-refractivity contribution is 6.06. The number of anilines is 1. The Labute approximate surface area is 138 Å². The fourth-order valence-electron chi connectivity index (χ4n) is 2.50. The molecule has 1 aromatic heterocycles. The minimum absolute atomic E-state index is 0.216. The SMILES string of the molecule is COc1cc(CC(=O)[O-])ccc1NC(=O)c1cc2ccccc2[nH]1. The van der Waals surface area contributed by atoms with Gasteiger partial charge in [0.25, 0.3) is 5.91 Å². The summed E-state index contributed by atoms with van der Waals surface area (Å²) in [5.74, 6) is -1.10. The van der Waals surface area contributed by atoms with Crippen molar-refractivity contribution in [2.24, 2.45) is 0 Å². The zero-order valence-corrected chi connectivity index (χ0v) is 13.0. The van der Waals surface area contributed by atoms with Gasteiger partial charge in [-0.2, -0.15) is 0 Å². The van der Waals surface area contributed by atoms with Crippen molar-refractivity contribution in [3.8, 4) is 5.75 Å². The molecule has 3 rings (SSSR count). The minimum Gasteiger partial charge on any atom is -0.550 e. The van der Waals surface area contributed by atoms with Gasteiger partial charge in [-0.3, -0.25) is 4.79 Å². The molecule has 1 amide bonds. The molecule has 0 aliphatic heterocycles. The van der Waals surface area contributed by atoms with Gasteiger partial charge in [-0.25, -0.2) is 0 Å². The standard InChI is InChI=1S/C18H16N2O4/c1-24-16-8-11(9-17(21)22)6-7-14(16)20-18(23)15-10-12-4-2-3-5-13(12)19-15/h2-8,10,19H,9H2,1H3,(H,20,23)(H,21,22)/p-1. The van der Waals surface area contributed by atoms with Crippen molar-refractivity contribution in [3.63, 3.8) is 0 Å². The van der Waals surface area contributed by atoms with E-state index in [1.54, 1.807) is 24.3 Å². The largest absolute Gasteiger partial charge is 0.550 e. The zero-order valence-electron chi connectivity index (χ0n) is 13.0. The van der Waals surface area contributed by atoms with E-state index >= 15 is 0 Å². The summed E-state index contributed by atoms with van der Waals surface area (Å²) in [6.45, 7) is 0. The Morgan fingerprint density at radius 2 is 1.96 bits per heavy atom. The second-order valence-electron chi connectivity index (χ2n) is 5.31. The van der Waals surface area contributed by atoms with E-state index in [-0.39, 0.29) is 12.3 Å². The Morgan fingerprint density at radius 3 is 2.67 bits per heavy atom. The summed E-state index contributed by atoms with van der Waals surface area (Å²) in [6.07, 6.45) is -0.216. The first-order chi connectivity index (χ1) is 11.6. The first kappa shape index (κ1) is 15.6. The summed E-state index contributed by atoms with van der Waals surface area (Å²) < 4.78 is 5.22. The van der Waals surface area contributed by atoms with Gasteiger partial charge in [-0.1, -0.05) is 24.3 Å². The molecule has 0 unspecified atom stereocenters. The number of H-pyrrole nitrogens is 1. The van der Waals surface area contributed by atoms with Crippen molar-refractivity contribution >= 4 is 28.5 Å². The van der Waals surface area contributed by atoms with Crippen LogP contribution < -0.4 is 15.2 Å². The van der Waals surface area contributed by atoms with E-state index in [9.17, 15) is 14.7 Å². The Kier molecular flexibility index (Phi) is 4.20. The van der Waals surface area contributed by atoms with Crippen molar-refractivity contribution in [2.45, 2.75) is 6.42 Å². The van der Waals surface area contributed by atoms with Gasteiger partial charge in [0.05, 0.1) is 12.8 Å². The van der Waals surface area contributed by atoms with Gasteiger partial charge in [0.1, 0.15) is 11.4 Å². The van der Waals surface area contributed by atoms with Gasteiger partial charge in [0.2, 0.25) is 0 Å². The number of carbonyl (C=O) groups excluding carboxylic acids is 2. The van der Waals surface area contributed by atoms with Crippen LogP contribution in [0.1, 0.15) is 16.1 Å². The number of para-hydroxylation sites is 1. The number of aliphatic carboxylic acids is 1. The van der Waals surface area contributed by atoms with E-state index < -0.39 is 5.97 Å². The number of amides is 1. The molecule has 6 heteroatoms. The molecule has 0 atom stereocenters. The molecule has 0 fully saturated rings. The Bertz CT molecular complexity index is 881. The summed E-state index contributed by atoms with van der Waals surface area (Å²) in [6, 6.07) is 14.1. The van der Waals surface area contributed by atoms with Crippen molar-refractivity contribution < 1.29 is 19.4 Å². The van der Waals surface area contributed by atoms with Crippen LogP contribution in [0.2, 0.25) is 0 Å². The van der Waals surface area contributed by atoms with Gasteiger partial charge in [0, 0.05) is 23.3 Å². The molecule has 122 valence electrons. The average Bonchev–Trinajstić information content (AvgIpc) is 3.00. The first-order valence-electron chi connectivity index (χ1n) is 7.32. The first-order valence-corrected chi connectivity index (χ1v) is 7.32. The Morgan fingerprint density at radius 1 is 1.17 bits per heavy atom. The molecule has 0 radical (unpaired) electrons. The summed E-state index contributed by atoms with van der Waals surface area (Å²) in [4.78, 5) is 26.1. The maximum Gasteiger partial charge on any atom is 0.272 e. The summed E-state index contributed by atoms with van der Waals surface area (Å²) in [7, 11) is 1.46. The number of hydrogen-bond donors (Lipinski definition) is 2. The number of carboxylic acid groups (broad SMARTS) is 1. The molecule has 0 spiro atoms. The number of aromatic nitrogens is 1. The highest BCUT2D eigenvalue weighted by atomic mass is 16.5. The third-order valence-electron chi connectivity index (χ3n) is 3.64. The molecule has 2 N–H and O–H groups in total. The lowest BCUT2D eigenvalue weighted by Crippen LogP contribution is -2.24. The van der Waals surface area contributed by atoms with Gasteiger partial charge >= 0.3 is 0 Å². The Hall–Kier alpha value is -3.28. The highest BCUT2D eigenvalue weighted by Gasteiger charge is 2.13. The fraction of sp³-hybridized carbons (Fsp3) is 0.111. The smallest absolute Gasteiger partial charge is 0.272 e. The van der Waals surface area contributed by atoms with Crippen molar-refractivity contribution in [2.75, 3.05) is 12.4 Å². The van der Waals surface area contributed by atoms with Crippen molar-refractivity contribution in [1.29, 1.82) is 0 Å². The molecule has 2 aromatic carbocycles. The topological polar surface area (TPSA) is 94.2 Å². The lowest BCUT2D eigenvalue weighted by atomic mass is 10.1. The summed E-state index contributed by atoms with van der Waals surface area (Å²) in [5.41, 5.74) is 2.30. The number of nitrogens with one attached hydrogen (secondary N) is 2. The third kappa shape index (κ3) is 3.22. The van der Waals surface area contributed by atoms with Crippen molar-refractivity contribution in [3.05, 3.63) is 59.8 Å². The highest BCUT2D eigenvalue weighted by Crippen LogP contribution is 2.26. The number of fused-ring (bicyclic) bond motifs is 1. The van der Waals surface area contributed by atoms with Crippen molar-refractivity contribution in [1.82, 2.24) is 4.98 Å². The van der Waals surface area contributed by atoms with Crippen LogP contribution in [-0.4, -0.2) is 24.0 Å². The zero-order chi connectivity index (χ0) is 17.1. The molecule has 0 aliphatic carbocycles. The van der Waals surface area contributed by atoms with E-state index in [1.165, 1.54) is 7.11 Å². The maximum atomic E-state index is 12.4. The van der Waals surface area contributed by atoms with Gasteiger partial charge in [-0.15, -0.1) is 0 Å². The van der Waals surface area contributed by atoms with Gasteiger partial charge in [-0.05, 0) is 29.8 Å². The van der Waals surface area contributed by atoms with Gasteiger partial charge in [0.15, 0.2) is 0 Å². The van der Waals surface area contributed by atoms with E-state index in [0.717, 1.165) is 10.9 Å². The maximum absolute atomic E-state index is 12.4. The predicted octanol–water partition coefficient (Wildman–Crippen LogP) is 1.72. The molecule has 6 nitrogen and oxygen atoms in total. The molecular formula is C18H15N2O4-. The van der Waals surface area contributed by atoms with E-state index in [1.807, 2.05) is 24.3 Å². The van der Waals surface area contributed by atoms with Crippen LogP contribution in [0, 0.1) is 0 Å². The van der Waals surface area contributed by atoms with Crippen LogP contribution in [0.5, 0.6) is 5.75 Å². The molecule has 1 heterocycles. The molecule has 0 saturated carbocycles. The number of rotatable bonds is 5. The van der Waals surface area contributed by atoms with Crippen LogP contribution >= 0.6 is 0 Å². The van der Waals surface area contributed by atoms with E-state index in [2.05, 4.69) is 10.3 Å². The monoisotopic (exact) mass is 323 g/mol. The lowest BCUT2D eigenvalue weighted by molar-refractivity contribution is -0.304. The second-order valence-corrected chi connectivity index (χ2v) is 5.31. The minimum atomic E-state index is -1.17. The van der Waals surface area contributed by atoms with Gasteiger partial charge < -0.3 is 24.9 Å². The Balaban J connectivity index is 1.84. The summed E-state index contributed by atoms with van der Waals surface area (Å²) in [5, 5.41) is 14.4. The average molecular weight is 323 g/mol. The second kappa shape index (κ2) is 6.45. The number of ether oxygens (including phenoxy) is 1. The number of aromatic amines is 1. The van der Waals surface area contributed by atoms with Crippen LogP contribution in [0.15, 0.2) is 48.5 Å². The lowest BCUT2D eigenvalue weighted by Gasteiger charge is -2.12. The molecular weight excluding hydrogens is 308 g/mol. The number of carbonyl (C=O) groups is 2. The molecule has 0 aliphatic rings. The third-order valence-corrected chi connectivity index (χ3v) is 3.64. The molecule has 0 bridgehead atoms. The number of methoxy groups -OCH3 is 1. The predicted molar refractivity (Wildman–Crippen MR) is 88.0 cm³/mol. The van der Waals surface area contributed by atoms with Crippen LogP contribution in [0.25, 0.3) is 10.9 Å².